The molecule has 2 aliphatic rings. The molecule has 0 unspecified atom stereocenters. The van der Waals surface area contributed by atoms with Crippen LogP contribution >= 0.6 is 47.0 Å². The van der Waals surface area contributed by atoms with Crippen LogP contribution in [0, 0.1) is 45.3 Å². The van der Waals surface area contributed by atoms with Crippen molar-refractivity contribution in [1.29, 1.82) is 21.0 Å². The summed E-state index contributed by atoms with van der Waals surface area (Å²) in [5.41, 5.74) is 0. The van der Waals surface area contributed by atoms with Gasteiger partial charge in [0.2, 0.25) is 0 Å². The Kier molecular flexibility index (Phi) is 17.8. The minimum absolute atomic E-state index is 0.460. The summed E-state index contributed by atoms with van der Waals surface area (Å²) in [6, 6.07) is 8.18. The molecule has 0 spiro atoms. The fourth-order valence-electron chi connectivity index (χ4n) is 2.61. The molecule has 0 bridgehead atoms. The highest BCUT2D eigenvalue weighted by atomic mass is 32.2. The van der Waals surface area contributed by atoms with Crippen LogP contribution < -0.4 is 0 Å². The second kappa shape index (κ2) is 22.2. The smallest absolute Gasteiger partial charge is 0.115 e. The van der Waals surface area contributed by atoms with E-state index in [1.165, 1.54) is 47.0 Å². The zero-order valence-electron chi connectivity index (χ0n) is 22.3. The number of hydrogen-bond donors (Lipinski definition) is 0. The third-order valence-corrected chi connectivity index (χ3v) is 9.03. The molecule has 4 nitrogen and oxygen atoms in total. The quantitative estimate of drug-likeness (QED) is 0.200. The Morgan fingerprint density at radius 1 is 0.286 bits per heavy atom. The molecule has 0 atom stereocenters. The van der Waals surface area contributed by atoms with Gasteiger partial charge in [0.15, 0.2) is 0 Å². The summed E-state index contributed by atoms with van der Waals surface area (Å²) < 4.78 is 1.84. The van der Waals surface area contributed by atoms with E-state index in [1.807, 2.05) is 170 Å². The van der Waals surface area contributed by atoms with Crippen LogP contribution in [-0.2, 0) is 0 Å². The fourth-order valence-corrected chi connectivity index (χ4v) is 6.57. The van der Waals surface area contributed by atoms with E-state index in [-0.39, 0.29) is 0 Å². The number of hydrogen-bond acceptors (Lipinski definition) is 8. The Labute approximate surface area is 264 Å². The van der Waals surface area contributed by atoms with Crippen molar-refractivity contribution < 1.29 is 0 Å². The molecule has 0 N–H and O–H groups in total. The lowest BCUT2D eigenvalue weighted by atomic mass is 10.3. The van der Waals surface area contributed by atoms with Crippen molar-refractivity contribution in [3.63, 3.8) is 0 Å². The Balaban J connectivity index is 1.56. The molecule has 0 aliphatic carbocycles. The molecule has 0 fully saturated rings. The third-order valence-electron chi connectivity index (χ3n) is 4.43. The van der Waals surface area contributed by atoms with Crippen molar-refractivity contribution in [2.45, 2.75) is 0 Å². The molecule has 8 heteroatoms. The largest absolute Gasteiger partial charge is 0.192 e. The zero-order chi connectivity index (χ0) is 30.1. The van der Waals surface area contributed by atoms with Gasteiger partial charge in [0.1, 0.15) is 43.9 Å². The van der Waals surface area contributed by atoms with Crippen LogP contribution in [0.15, 0.2) is 174 Å². The first kappa shape index (κ1) is 33.7. The molecule has 2 rings (SSSR count). The van der Waals surface area contributed by atoms with Gasteiger partial charge in [-0.1, -0.05) is 181 Å². The molecule has 0 radical (unpaired) electrons. The maximum Gasteiger partial charge on any atom is 0.115 e. The van der Waals surface area contributed by atoms with Crippen molar-refractivity contribution in [2.24, 2.45) is 0 Å². The maximum atomic E-state index is 8.99. The summed E-state index contributed by atoms with van der Waals surface area (Å²) >= 11 is 5.29. The van der Waals surface area contributed by atoms with E-state index in [0.29, 0.717) is 19.6 Å². The topological polar surface area (TPSA) is 95.2 Å². The van der Waals surface area contributed by atoms with E-state index in [9.17, 15) is 0 Å². The van der Waals surface area contributed by atoms with Gasteiger partial charge in [-0.25, -0.2) is 0 Å². The summed E-state index contributed by atoms with van der Waals surface area (Å²) in [5, 5.41) is 35.9. The lowest BCUT2D eigenvalue weighted by Gasteiger charge is -1.88. The predicted molar refractivity (Wildman–Crippen MR) is 184 cm³/mol. The molecular weight excluding hydrogens is 593 g/mol. The van der Waals surface area contributed by atoms with Gasteiger partial charge in [-0.05, 0) is 12.2 Å². The van der Waals surface area contributed by atoms with E-state index in [1.54, 1.807) is 0 Å². The Bertz CT molecular complexity index is 1430. The molecule has 0 aromatic heterocycles. The molecule has 2 aliphatic heterocycles. The lowest BCUT2D eigenvalue weighted by Crippen LogP contribution is -1.66. The van der Waals surface area contributed by atoms with Crippen LogP contribution in [0.3, 0.4) is 0 Å². The predicted octanol–water partition coefficient (Wildman–Crippen LogP) is 10.3. The average Bonchev–Trinajstić information content (AvgIpc) is 3.62. The minimum Gasteiger partial charge on any atom is -0.192 e. The van der Waals surface area contributed by atoms with E-state index in [0.717, 1.165) is 8.47 Å². The molecule has 204 valence electrons. The summed E-state index contributed by atoms with van der Waals surface area (Å²) in [7, 11) is 0. The summed E-state index contributed by atoms with van der Waals surface area (Å²) in [5.74, 6) is 0. The molecule has 0 saturated carbocycles. The van der Waals surface area contributed by atoms with Crippen molar-refractivity contribution in [1.82, 2.24) is 0 Å². The van der Waals surface area contributed by atoms with Crippen LogP contribution in [-0.4, -0.2) is 0 Å². The van der Waals surface area contributed by atoms with Crippen molar-refractivity contribution in [3.8, 4) is 24.3 Å². The Morgan fingerprint density at radius 3 is 0.619 bits per heavy atom. The molecule has 0 amide bonds. The second-order valence-electron chi connectivity index (χ2n) is 7.38. The summed E-state index contributed by atoms with van der Waals surface area (Å²) in [4.78, 5) is 1.84. The van der Waals surface area contributed by atoms with Gasteiger partial charge in [0, 0.05) is 0 Å². The third kappa shape index (κ3) is 14.2. The monoisotopic (exact) mass is 616 g/mol. The molecule has 2 heterocycles. The SMILES string of the molecule is N#CC1=C(C#N)SC(=C/C=C/C=C/C=C/C=C/C=C/C=C/C=C/C=C/C=C/C=C/C=C/C=C2SC(C#N)=C(C#N)S2)S1. The summed E-state index contributed by atoms with van der Waals surface area (Å²) in [6.07, 6.45) is 46.2. The zero-order valence-corrected chi connectivity index (χ0v) is 25.5. The number of nitrogens with zero attached hydrogens (tertiary/aromatic N) is 4. The minimum atomic E-state index is 0.460. The second-order valence-corrected chi connectivity index (χ2v) is 12.1. The fraction of sp³-hybridized carbons (Fsp3) is 0. The number of nitriles is 4. The number of rotatable bonds is 12. The van der Waals surface area contributed by atoms with E-state index in [4.69, 9.17) is 21.0 Å². The molecule has 0 aromatic carbocycles. The standard InChI is InChI=1S/C34H24N4S4/c35-25-29-30(26-36)40-33(39-29)23-21-19-17-15-13-11-9-7-5-3-1-2-4-6-8-10-12-14-16-18-20-22-24-34-41-31(27-37)32(28-38)42-34/h1-24H/b2-1+,5-3+,6-4+,9-7+,10-8+,13-11+,14-12+,17-15+,18-16+,21-19+,22-20+. The highest BCUT2D eigenvalue weighted by Crippen LogP contribution is 2.49. The first-order valence-corrected chi connectivity index (χ1v) is 15.5. The molecule has 0 aromatic rings. The van der Waals surface area contributed by atoms with E-state index < -0.39 is 0 Å². The van der Waals surface area contributed by atoms with E-state index in [2.05, 4.69) is 0 Å². The average molecular weight is 617 g/mol. The highest BCUT2D eigenvalue weighted by Gasteiger charge is 2.20. The first-order chi connectivity index (χ1) is 20.7. The van der Waals surface area contributed by atoms with Crippen LogP contribution in [0.1, 0.15) is 0 Å². The van der Waals surface area contributed by atoms with Gasteiger partial charge >= 0.3 is 0 Å². The summed E-state index contributed by atoms with van der Waals surface area (Å²) in [6.45, 7) is 0. The van der Waals surface area contributed by atoms with Crippen LogP contribution in [0.2, 0.25) is 0 Å². The van der Waals surface area contributed by atoms with Gasteiger partial charge in [-0.2, -0.15) is 21.0 Å². The van der Waals surface area contributed by atoms with E-state index >= 15 is 0 Å². The molecular formula is C34H24N4S4. The van der Waals surface area contributed by atoms with Gasteiger partial charge in [-0.3, -0.25) is 0 Å². The first-order valence-electron chi connectivity index (χ1n) is 12.3. The van der Waals surface area contributed by atoms with Gasteiger partial charge in [0.25, 0.3) is 0 Å². The van der Waals surface area contributed by atoms with Gasteiger partial charge < -0.3 is 0 Å². The van der Waals surface area contributed by atoms with Crippen molar-refractivity contribution >= 4 is 47.0 Å². The Morgan fingerprint density at radius 2 is 0.452 bits per heavy atom. The lowest BCUT2D eigenvalue weighted by molar-refractivity contribution is 1.50. The molecule has 42 heavy (non-hydrogen) atoms. The van der Waals surface area contributed by atoms with Gasteiger partial charge in [0.05, 0.1) is 8.47 Å². The molecule has 0 saturated heterocycles. The van der Waals surface area contributed by atoms with Crippen LogP contribution in [0.4, 0.5) is 0 Å². The highest BCUT2D eigenvalue weighted by molar-refractivity contribution is 8.29. The van der Waals surface area contributed by atoms with Crippen molar-refractivity contribution in [3.05, 3.63) is 174 Å². The maximum absolute atomic E-state index is 8.99. The van der Waals surface area contributed by atoms with Crippen LogP contribution in [0.5, 0.6) is 0 Å². The Hall–Kier alpha value is -4.54. The van der Waals surface area contributed by atoms with Crippen LogP contribution in [0.25, 0.3) is 0 Å². The normalized spacial score (nSPS) is 16.7. The number of thioether (sulfide) groups is 4. The van der Waals surface area contributed by atoms with Crippen molar-refractivity contribution in [2.75, 3.05) is 0 Å². The number of allylic oxidation sites excluding steroid dienone is 28. The van der Waals surface area contributed by atoms with Gasteiger partial charge in [-0.15, -0.1) is 0 Å².